The molecule has 0 bridgehead atoms. The number of anilines is 1. The Hall–Kier alpha value is -1.69. The van der Waals surface area contributed by atoms with E-state index in [2.05, 4.69) is 22.7 Å². The van der Waals surface area contributed by atoms with Gasteiger partial charge in [0.2, 0.25) is 0 Å². The minimum atomic E-state index is 0.104. The van der Waals surface area contributed by atoms with Crippen molar-refractivity contribution in [3.63, 3.8) is 0 Å². The number of rotatable bonds is 1. The van der Waals surface area contributed by atoms with Gasteiger partial charge in [0, 0.05) is 12.0 Å². The average Bonchev–Trinajstić information content (AvgIpc) is 2.28. The van der Waals surface area contributed by atoms with Gasteiger partial charge >= 0.3 is 0 Å². The van der Waals surface area contributed by atoms with Crippen LogP contribution in [-0.4, -0.2) is 17.4 Å². The number of para-hydroxylation sites is 1. The number of nitrogens with one attached hydrogen (secondary N) is 1. The van der Waals surface area contributed by atoms with E-state index in [1.807, 2.05) is 12.1 Å². The molecule has 0 spiro atoms. The predicted octanol–water partition coefficient (Wildman–Crippen LogP) is 1.32. The van der Waals surface area contributed by atoms with Crippen LogP contribution in [0.5, 0.6) is 0 Å². The Morgan fingerprint density at radius 2 is 2.25 bits per heavy atom. The van der Waals surface area contributed by atoms with Gasteiger partial charge < -0.3 is 5.73 Å². The van der Waals surface area contributed by atoms with Crippen LogP contribution in [0.4, 0.5) is 10.2 Å². The molecule has 0 unspecified atom stereocenters. The third kappa shape index (κ3) is 2.11. The first kappa shape index (κ1) is 10.8. The summed E-state index contributed by atoms with van der Waals surface area (Å²) in [6, 6.07) is 7.16. The number of fused-ring (bicyclic) bond motifs is 1. The van der Waals surface area contributed by atoms with E-state index in [1.165, 1.54) is 0 Å². The van der Waals surface area contributed by atoms with Gasteiger partial charge in [-0.25, -0.2) is 5.12 Å². The zero-order valence-electron chi connectivity index (χ0n) is 8.48. The number of nitrogens with zero attached hydrogens (tertiary/aromatic N) is 2. The highest BCUT2D eigenvalue weighted by atomic mass is 32.1. The molecular weight excluding hydrogens is 227 g/mol. The summed E-state index contributed by atoms with van der Waals surface area (Å²) in [6.07, 6.45) is 0.517. The zero-order chi connectivity index (χ0) is 11.5. The number of halogens is 1. The van der Waals surface area contributed by atoms with E-state index in [0.29, 0.717) is 12.1 Å². The van der Waals surface area contributed by atoms with Crippen LogP contribution in [0.3, 0.4) is 0 Å². The van der Waals surface area contributed by atoms with E-state index >= 15 is 0 Å². The van der Waals surface area contributed by atoms with E-state index in [1.54, 1.807) is 12.1 Å². The van der Waals surface area contributed by atoms with Gasteiger partial charge in [-0.2, -0.15) is 5.10 Å². The lowest BCUT2D eigenvalue weighted by Crippen LogP contribution is -2.30. The summed E-state index contributed by atoms with van der Waals surface area (Å²) >= 11 is 4.66. The Balaban J connectivity index is 2.34. The second-order valence-corrected chi connectivity index (χ2v) is 3.83. The molecule has 0 radical (unpaired) electrons. The second kappa shape index (κ2) is 4.44. The highest BCUT2D eigenvalue weighted by Gasteiger charge is 2.20. The molecule has 84 valence electrons. The monoisotopic (exact) mass is 238 g/mol. The second-order valence-electron chi connectivity index (χ2n) is 3.39. The van der Waals surface area contributed by atoms with Crippen LogP contribution in [-0.2, 0) is 0 Å². The third-order valence-electron chi connectivity index (χ3n) is 2.32. The fourth-order valence-corrected chi connectivity index (χ4v) is 1.67. The molecule has 4 nitrogen and oxygen atoms in total. The average molecular weight is 238 g/mol. The van der Waals surface area contributed by atoms with E-state index in [4.69, 9.17) is 5.73 Å². The number of nitrogens with two attached hydrogens (primary N) is 1. The van der Waals surface area contributed by atoms with Gasteiger partial charge in [-0.3, -0.25) is 5.43 Å². The molecule has 6 heteroatoms. The van der Waals surface area contributed by atoms with Gasteiger partial charge in [0.25, 0.3) is 0 Å². The standard InChI is InChI=1S/C10H11FN4S/c11-15-6-5-8(13-14-10(12)16)7-3-1-2-4-9(7)15/h1-4H,5-6H2,(H3,12,14,16). The Morgan fingerprint density at radius 3 is 3.00 bits per heavy atom. The fourth-order valence-electron chi connectivity index (χ4n) is 1.63. The van der Waals surface area contributed by atoms with Crippen molar-refractivity contribution in [3.8, 4) is 0 Å². The molecular formula is C10H11FN4S. The summed E-state index contributed by atoms with van der Waals surface area (Å²) < 4.78 is 13.5. The van der Waals surface area contributed by atoms with Crippen LogP contribution in [0.15, 0.2) is 29.4 Å². The van der Waals surface area contributed by atoms with Gasteiger partial charge in [-0.15, -0.1) is 0 Å². The van der Waals surface area contributed by atoms with Crippen molar-refractivity contribution in [2.75, 3.05) is 11.7 Å². The maximum atomic E-state index is 13.5. The Bertz CT molecular complexity index is 446. The van der Waals surface area contributed by atoms with Crippen LogP contribution < -0.4 is 16.3 Å². The normalized spacial score (nSPS) is 17.1. The summed E-state index contributed by atoms with van der Waals surface area (Å²) in [5, 5.41) is 4.89. The highest BCUT2D eigenvalue weighted by molar-refractivity contribution is 7.80. The molecule has 2 rings (SSSR count). The van der Waals surface area contributed by atoms with E-state index in [-0.39, 0.29) is 11.7 Å². The largest absolute Gasteiger partial charge is 0.375 e. The van der Waals surface area contributed by atoms with E-state index in [9.17, 15) is 4.48 Å². The van der Waals surface area contributed by atoms with E-state index in [0.717, 1.165) is 16.4 Å². The summed E-state index contributed by atoms with van der Waals surface area (Å²) in [4.78, 5) is 0. The molecule has 1 heterocycles. The molecule has 0 saturated heterocycles. The quantitative estimate of drug-likeness (QED) is 0.440. The molecule has 0 aromatic heterocycles. The number of thiocarbonyl (C=S) groups is 1. The summed E-state index contributed by atoms with van der Waals surface area (Å²) in [6.45, 7) is 0.287. The van der Waals surface area contributed by atoms with Crippen LogP contribution >= 0.6 is 12.2 Å². The molecule has 0 fully saturated rings. The highest BCUT2D eigenvalue weighted by Crippen LogP contribution is 2.27. The summed E-state index contributed by atoms with van der Waals surface area (Å²) in [5.41, 5.74) is 9.86. The van der Waals surface area contributed by atoms with Crippen molar-refractivity contribution in [2.45, 2.75) is 6.42 Å². The first-order valence-electron chi connectivity index (χ1n) is 4.83. The first-order chi connectivity index (χ1) is 7.68. The van der Waals surface area contributed by atoms with Crippen molar-refractivity contribution in [2.24, 2.45) is 10.8 Å². The third-order valence-corrected chi connectivity index (χ3v) is 2.41. The molecule has 0 aliphatic carbocycles. The predicted molar refractivity (Wildman–Crippen MR) is 66.0 cm³/mol. The minimum Gasteiger partial charge on any atom is -0.375 e. The molecule has 1 aromatic rings. The van der Waals surface area contributed by atoms with Crippen molar-refractivity contribution >= 4 is 28.7 Å². The topological polar surface area (TPSA) is 53.6 Å². The van der Waals surface area contributed by atoms with Crippen LogP contribution in [0, 0.1) is 0 Å². The van der Waals surface area contributed by atoms with Crippen molar-refractivity contribution < 1.29 is 4.48 Å². The molecule has 1 aromatic carbocycles. The smallest absolute Gasteiger partial charge is 0.184 e. The molecule has 0 atom stereocenters. The fraction of sp³-hybridized carbons (Fsp3) is 0.200. The lowest BCUT2D eigenvalue weighted by atomic mass is 10.0. The summed E-state index contributed by atoms with van der Waals surface area (Å²) in [5.74, 6) is 0. The maximum Gasteiger partial charge on any atom is 0.184 e. The van der Waals surface area contributed by atoms with Gasteiger partial charge in [0.05, 0.1) is 17.9 Å². The van der Waals surface area contributed by atoms with E-state index < -0.39 is 0 Å². The SMILES string of the molecule is NC(=S)NN=C1CCN(F)c2ccccc21. The summed E-state index contributed by atoms with van der Waals surface area (Å²) in [7, 11) is 0. The van der Waals surface area contributed by atoms with Gasteiger partial charge in [0.15, 0.2) is 5.11 Å². The Labute approximate surface area is 97.9 Å². The van der Waals surface area contributed by atoms with Crippen molar-refractivity contribution in [1.29, 1.82) is 0 Å². The molecule has 16 heavy (non-hydrogen) atoms. The first-order valence-corrected chi connectivity index (χ1v) is 5.24. The van der Waals surface area contributed by atoms with Crippen molar-refractivity contribution in [1.82, 2.24) is 5.43 Å². The van der Waals surface area contributed by atoms with Gasteiger partial charge in [0.1, 0.15) is 0 Å². The van der Waals surface area contributed by atoms with Crippen LogP contribution in [0.2, 0.25) is 0 Å². The van der Waals surface area contributed by atoms with Gasteiger partial charge in [-0.1, -0.05) is 22.7 Å². The van der Waals surface area contributed by atoms with Crippen LogP contribution in [0.25, 0.3) is 0 Å². The molecule has 1 aliphatic rings. The Morgan fingerprint density at radius 1 is 1.50 bits per heavy atom. The molecule has 0 saturated carbocycles. The number of hydrogen-bond acceptors (Lipinski definition) is 3. The lowest BCUT2D eigenvalue weighted by Gasteiger charge is -2.23. The molecule has 1 aliphatic heterocycles. The van der Waals surface area contributed by atoms with Gasteiger partial charge in [-0.05, 0) is 18.3 Å². The number of benzene rings is 1. The number of hydrogen-bond donors (Lipinski definition) is 2. The molecule has 3 N–H and O–H groups in total. The number of hydrazone groups is 1. The molecule has 0 amide bonds. The lowest BCUT2D eigenvalue weighted by molar-refractivity contribution is 0.434. The minimum absolute atomic E-state index is 0.104. The van der Waals surface area contributed by atoms with Crippen molar-refractivity contribution in [3.05, 3.63) is 29.8 Å². The maximum absolute atomic E-state index is 13.5. The van der Waals surface area contributed by atoms with Crippen LogP contribution in [0.1, 0.15) is 12.0 Å². The zero-order valence-corrected chi connectivity index (χ0v) is 9.30. The Kier molecular flexibility index (Phi) is 3.00.